The van der Waals surface area contributed by atoms with Crippen molar-refractivity contribution in [1.82, 2.24) is 0 Å². The van der Waals surface area contributed by atoms with Crippen LogP contribution in [-0.4, -0.2) is 34.1 Å². The fourth-order valence-electron chi connectivity index (χ4n) is 1.52. The molecule has 0 heterocycles. The van der Waals surface area contributed by atoms with E-state index in [1.807, 2.05) is 6.26 Å². The minimum atomic E-state index is -1.63. The maximum atomic E-state index is 11.4. The van der Waals surface area contributed by atoms with Crippen LogP contribution in [0.25, 0.3) is 0 Å². The molecule has 1 atom stereocenters. The van der Waals surface area contributed by atoms with Crippen LogP contribution in [0.4, 0.5) is 0 Å². The molecule has 0 aliphatic heterocycles. The number of carbonyl (C=O) groups is 2. The number of thioether (sulfide) groups is 1. The SMILES string of the molecule is CSc1ccc(C(O)C(=O)O)c(CC(=O)CCl)c1. The molecule has 0 fully saturated rings. The average Bonchev–Trinajstić information content (AvgIpc) is 2.37. The monoisotopic (exact) mass is 288 g/mol. The number of aliphatic hydroxyl groups is 1. The molecule has 18 heavy (non-hydrogen) atoms. The first-order chi connectivity index (χ1) is 8.49. The maximum absolute atomic E-state index is 11.4. The summed E-state index contributed by atoms with van der Waals surface area (Å²) in [6.45, 7) is 0. The van der Waals surface area contributed by atoms with E-state index in [4.69, 9.17) is 16.7 Å². The topological polar surface area (TPSA) is 74.6 Å². The van der Waals surface area contributed by atoms with E-state index in [0.29, 0.717) is 5.56 Å². The predicted molar refractivity (Wildman–Crippen MR) is 70.2 cm³/mol. The second-order valence-electron chi connectivity index (χ2n) is 3.65. The van der Waals surface area contributed by atoms with Gasteiger partial charge >= 0.3 is 5.97 Å². The van der Waals surface area contributed by atoms with Gasteiger partial charge in [-0.25, -0.2) is 4.79 Å². The number of halogens is 1. The standard InChI is InChI=1S/C12H13ClO4S/c1-18-9-2-3-10(11(15)12(16)17)7(5-9)4-8(14)6-13/h2-3,5,11,15H,4,6H2,1H3,(H,16,17). The molecule has 1 rings (SSSR count). The van der Waals surface area contributed by atoms with Gasteiger partial charge in [-0.05, 0) is 29.5 Å². The number of rotatable bonds is 6. The molecule has 0 saturated carbocycles. The Morgan fingerprint density at radius 1 is 1.44 bits per heavy atom. The van der Waals surface area contributed by atoms with Gasteiger partial charge in [0.05, 0.1) is 5.88 Å². The summed E-state index contributed by atoms with van der Waals surface area (Å²) in [5.41, 5.74) is 0.737. The van der Waals surface area contributed by atoms with E-state index in [9.17, 15) is 14.7 Å². The lowest BCUT2D eigenvalue weighted by Gasteiger charge is -2.13. The van der Waals surface area contributed by atoms with E-state index in [-0.39, 0.29) is 23.6 Å². The zero-order valence-corrected chi connectivity index (χ0v) is 11.3. The Morgan fingerprint density at radius 3 is 2.61 bits per heavy atom. The number of aliphatic hydroxyl groups excluding tert-OH is 1. The highest BCUT2D eigenvalue weighted by molar-refractivity contribution is 7.98. The second kappa shape index (κ2) is 6.78. The minimum absolute atomic E-state index is 0.0254. The summed E-state index contributed by atoms with van der Waals surface area (Å²) in [4.78, 5) is 23.1. The molecule has 0 amide bonds. The first-order valence-electron chi connectivity index (χ1n) is 5.15. The molecule has 0 bridgehead atoms. The Labute approximate surface area is 114 Å². The molecule has 1 aromatic rings. The Hall–Kier alpha value is -1.04. The normalized spacial score (nSPS) is 12.2. The number of ketones is 1. The lowest BCUT2D eigenvalue weighted by molar-refractivity contribution is -0.147. The zero-order chi connectivity index (χ0) is 13.7. The molecule has 4 nitrogen and oxygen atoms in total. The van der Waals surface area contributed by atoms with Crippen LogP contribution in [0.3, 0.4) is 0 Å². The molecule has 2 N–H and O–H groups in total. The maximum Gasteiger partial charge on any atom is 0.337 e. The van der Waals surface area contributed by atoms with E-state index < -0.39 is 12.1 Å². The lowest BCUT2D eigenvalue weighted by Crippen LogP contribution is -2.15. The average molecular weight is 289 g/mol. The van der Waals surface area contributed by atoms with Gasteiger partial charge in [-0.15, -0.1) is 23.4 Å². The van der Waals surface area contributed by atoms with Crippen molar-refractivity contribution in [3.05, 3.63) is 29.3 Å². The van der Waals surface area contributed by atoms with Gasteiger partial charge in [0.15, 0.2) is 11.9 Å². The Balaban J connectivity index is 3.15. The number of Topliss-reactive ketones (excluding diaryl/α,β-unsaturated/α-hetero) is 1. The van der Waals surface area contributed by atoms with Crippen LogP contribution in [0.5, 0.6) is 0 Å². The fraction of sp³-hybridized carbons (Fsp3) is 0.333. The Morgan fingerprint density at radius 2 is 2.11 bits per heavy atom. The van der Waals surface area contributed by atoms with Gasteiger partial charge in [-0.2, -0.15) is 0 Å². The molecular weight excluding hydrogens is 276 g/mol. The molecule has 0 aromatic heterocycles. The molecule has 1 unspecified atom stereocenters. The number of carboxylic acids is 1. The minimum Gasteiger partial charge on any atom is -0.479 e. The summed E-state index contributed by atoms with van der Waals surface area (Å²) in [6, 6.07) is 4.94. The van der Waals surface area contributed by atoms with E-state index >= 15 is 0 Å². The number of alkyl halides is 1. The number of benzene rings is 1. The molecule has 0 radical (unpaired) electrons. The summed E-state index contributed by atoms with van der Waals surface area (Å²) in [5.74, 6) is -1.69. The second-order valence-corrected chi connectivity index (χ2v) is 4.80. The van der Waals surface area contributed by atoms with Crippen LogP contribution in [0.2, 0.25) is 0 Å². The van der Waals surface area contributed by atoms with Gasteiger partial charge in [0, 0.05) is 11.3 Å². The zero-order valence-electron chi connectivity index (χ0n) is 9.72. The highest BCUT2D eigenvalue weighted by atomic mass is 35.5. The van der Waals surface area contributed by atoms with Crippen molar-refractivity contribution in [2.75, 3.05) is 12.1 Å². The van der Waals surface area contributed by atoms with E-state index in [1.165, 1.54) is 17.8 Å². The van der Waals surface area contributed by atoms with Crippen LogP contribution in [0, 0.1) is 0 Å². The number of carbonyl (C=O) groups excluding carboxylic acids is 1. The number of carboxylic acid groups (broad SMARTS) is 1. The van der Waals surface area contributed by atoms with Gasteiger partial charge in [-0.3, -0.25) is 4.79 Å². The van der Waals surface area contributed by atoms with Crippen LogP contribution in [0.1, 0.15) is 17.2 Å². The van der Waals surface area contributed by atoms with Crippen molar-refractivity contribution in [3.8, 4) is 0 Å². The van der Waals surface area contributed by atoms with Crippen molar-refractivity contribution >= 4 is 35.1 Å². The van der Waals surface area contributed by atoms with Crippen LogP contribution >= 0.6 is 23.4 Å². The summed E-state index contributed by atoms with van der Waals surface area (Å²) >= 11 is 6.91. The Kier molecular flexibility index (Phi) is 5.65. The van der Waals surface area contributed by atoms with Crippen LogP contribution in [0.15, 0.2) is 23.1 Å². The number of hydrogen-bond acceptors (Lipinski definition) is 4. The summed E-state index contributed by atoms with van der Waals surface area (Å²) in [5, 5.41) is 18.4. The largest absolute Gasteiger partial charge is 0.479 e. The van der Waals surface area contributed by atoms with Crippen molar-refractivity contribution < 1.29 is 19.8 Å². The van der Waals surface area contributed by atoms with Crippen molar-refractivity contribution in [1.29, 1.82) is 0 Å². The summed E-state index contributed by atoms with van der Waals surface area (Å²) < 4.78 is 0. The van der Waals surface area contributed by atoms with Crippen molar-refractivity contribution in [2.45, 2.75) is 17.4 Å². The molecule has 98 valence electrons. The van der Waals surface area contributed by atoms with Gasteiger partial charge in [0.2, 0.25) is 0 Å². The third-order valence-corrected chi connectivity index (χ3v) is 3.44. The van der Waals surface area contributed by atoms with Gasteiger partial charge in [0.1, 0.15) is 0 Å². The summed E-state index contributed by atoms with van der Waals surface area (Å²) in [6.07, 6.45) is 0.270. The fourth-order valence-corrected chi connectivity index (χ4v) is 2.08. The van der Waals surface area contributed by atoms with Gasteiger partial charge in [0.25, 0.3) is 0 Å². The predicted octanol–water partition coefficient (Wildman–Crippen LogP) is 1.88. The van der Waals surface area contributed by atoms with E-state index in [1.54, 1.807) is 12.1 Å². The quantitative estimate of drug-likeness (QED) is 0.617. The molecular formula is C12H13ClO4S. The molecule has 6 heteroatoms. The highest BCUT2D eigenvalue weighted by Gasteiger charge is 2.20. The van der Waals surface area contributed by atoms with E-state index in [0.717, 1.165) is 4.90 Å². The highest BCUT2D eigenvalue weighted by Crippen LogP contribution is 2.25. The van der Waals surface area contributed by atoms with Gasteiger partial charge < -0.3 is 10.2 Å². The van der Waals surface area contributed by atoms with Crippen molar-refractivity contribution in [2.24, 2.45) is 0 Å². The molecule has 0 aliphatic carbocycles. The smallest absolute Gasteiger partial charge is 0.337 e. The molecule has 0 spiro atoms. The molecule has 0 aliphatic rings. The van der Waals surface area contributed by atoms with Crippen LogP contribution < -0.4 is 0 Å². The molecule has 1 aromatic carbocycles. The van der Waals surface area contributed by atoms with Crippen LogP contribution in [-0.2, 0) is 16.0 Å². The van der Waals surface area contributed by atoms with E-state index in [2.05, 4.69) is 0 Å². The lowest BCUT2D eigenvalue weighted by atomic mass is 9.98. The third-order valence-electron chi connectivity index (χ3n) is 2.42. The van der Waals surface area contributed by atoms with Crippen molar-refractivity contribution in [3.63, 3.8) is 0 Å². The Bertz CT molecular complexity index is 461. The molecule has 0 saturated heterocycles. The number of hydrogen-bond donors (Lipinski definition) is 2. The van der Waals surface area contributed by atoms with Gasteiger partial charge in [-0.1, -0.05) is 6.07 Å². The summed E-state index contributed by atoms with van der Waals surface area (Å²) in [7, 11) is 0. The third kappa shape index (κ3) is 3.73. The number of aliphatic carboxylic acids is 1. The first-order valence-corrected chi connectivity index (χ1v) is 6.90. The first kappa shape index (κ1) is 15.0.